The van der Waals surface area contributed by atoms with E-state index in [4.69, 9.17) is 4.74 Å². The zero-order chi connectivity index (χ0) is 21.1. The quantitative estimate of drug-likeness (QED) is 0.526. The highest BCUT2D eigenvalue weighted by Crippen LogP contribution is 2.31. The molecule has 1 unspecified atom stereocenters. The Kier molecular flexibility index (Phi) is 6.49. The summed E-state index contributed by atoms with van der Waals surface area (Å²) in [6.45, 7) is 2.03. The predicted octanol–water partition coefficient (Wildman–Crippen LogP) is 1.78. The van der Waals surface area contributed by atoms with E-state index in [-0.39, 0.29) is 24.1 Å². The molecule has 1 saturated heterocycles. The summed E-state index contributed by atoms with van der Waals surface area (Å²) in [5.74, 6) is -0.150. The smallest absolute Gasteiger partial charge is 0.255 e. The first kappa shape index (κ1) is 21.0. The number of carbonyl (C=O) groups is 3. The van der Waals surface area contributed by atoms with Crippen molar-refractivity contribution < 1.29 is 19.1 Å². The third kappa shape index (κ3) is 4.42. The molecule has 1 aromatic rings. The molecule has 2 heterocycles. The van der Waals surface area contributed by atoms with Crippen LogP contribution in [-0.2, 0) is 27.3 Å². The Balaban J connectivity index is 1.43. The molecule has 7 heteroatoms. The van der Waals surface area contributed by atoms with Crippen molar-refractivity contribution in [1.82, 2.24) is 15.5 Å². The highest BCUT2D eigenvalue weighted by Gasteiger charge is 2.39. The Morgan fingerprint density at radius 2 is 2.00 bits per heavy atom. The number of nitrogens with one attached hydrogen (secondary N) is 2. The molecule has 1 saturated carbocycles. The maximum absolute atomic E-state index is 12.9. The molecule has 3 aliphatic rings. The first-order chi connectivity index (χ1) is 14.6. The fourth-order valence-electron chi connectivity index (χ4n) is 5.12. The fourth-order valence-corrected chi connectivity index (χ4v) is 5.12. The largest absolute Gasteiger partial charge is 0.383 e. The highest BCUT2D eigenvalue weighted by atomic mass is 16.5. The van der Waals surface area contributed by atoms with Crippen LogP contribution >= 0.6 is 0 Å². The zero-order valence-electron chi connectivity index (χ0n) is 17.6. The second kappa shape index (κ2) is 9.27. The average Bonchev–Trinajstić information content (AvgIpc) is 3.05. The first-order valence-electron chi connectivity index (χ1n) is 11.1. The number of methoxy groups -OCH3 is 1. The van der Waals surface area contributed by atoms with Crippen molar-refractivity contribution in [2.75, 3.05) is 20.3 Å². The first-order valence-corrected chi connectivity index (χ1v) is 11.1. The molecule has 2 N–H and O–H groups in total. The minimum atomic E-state index is -0.557. The number of benzene rings is 1. The van der Waals surface area contributed by atoms with Gasteiger partial charge in [-0.25, -0.2) is 0 Å². The van der Waals surface area contributed by atoms with Gasteiger partial charge in [0.05, 0.1) is 6.61 Å². The van der Waals surface area contributed by atoms with Crippen LogP contribution in [0.4, 0.5) is 0 Å². The Hall–Kier alpha value is -2.25. The molecule has 30 heavy (non-hydrogen) atoms. The minimum Gasteiger partial charge on any atom is -0.383 e. The van der Waals surface area contributed by atoms with Gasteiger partial charge >= 0.3 is 0 Å². The van der Waals surface area contributed by atoms with Crippen LogP contribution in [0.25, 0.3) is 0 Å². The summed E-state index contributed by atoms with van der Waals surface area (Å²) in [6.07, 6.45) is 6.60. The maximum Gasteiger partial charge on any atom is 0.255 e. The number of carbonyl (C=O) groups excluding carboxylic acids is 3. The molecule has 0 spiro atoms. The molecule has 0 bridgehead atoms. The molecule has 2 aliphatic heterocycles. The number of amides is 3. The van der Waals surface area contributed by atoms with Crippen LogP contribution in [0.15, 0.2) is 18.2 Å². The van der Waals surface area contributed by atoms with Gasteiger partial charge in [-0.3, -0.25) is 19.7 Å². The van der Waals surface area contributed by atoms with Crippen molar-refractivity contribution in [2.24, 2.45) is 5.92 Å². The van der Waals surface area contributed by atoms with Gasteiger partial charge in [0.25, 0.3) is 5.91 Å². The summed E-state index contributed by atoms with van der Waals surface area (Å²) in [5, 5.41) is 6.01. The topological polar surface area (TPSA) is 87.7 Å². The van der Waals surface area contributed by atoms with Crippen molar-refractivity contribution in [3.63, 3.8) is 0 Å². The fraction of sp³-hybridized carbons (Fsp3) is 0.609. The van der Waals surface area contributed by atoms with E-state index in [1.165, 1.54) is 31.2 Å². The standard InChI is InChI=1S/C23H31N3O4/c1-30-11-10-24-19-5-3-2-4-16(19)12-15-6-7-18-17(13-15)14-26(23(18)29)20-8-9-21(27)25-22(20)28/h6-7,13,16,19-20,24H,2-5,8-12,14H2,1H3,(H,25,27,28)/t16-,19+,20?/m1/s1. The predicted molar refractivity (Wildman–Crippen MR) is 112 cm³/mol. The number of rotatable bonds is 7. The molecule has 3 atom stereocenters. The third-order valence-corrected chi connectivity index (χ3v) is 6.71. The summed E-state index contributed by atoms with van der Waals surface area (Å²) in [6, 6.07) is 6.06. The maximum atomic E-state index is 12.9. The van der Waals surface area contributed by atoms with Gasteiger partial charge in [0.15, 0.2) is 0 Å². The molecular formula is C23H31N3O4. The number of imide groups is 1. The van der Waals surface area contributed by atoms with E-state index in [1.54, 1.807) is 12.0 Å². The van der Waals surface area contributed by atoms with E-state index in [1.807, 2.05) is 6.07 Å². The van der Waals surface area contributed by atoms with E-state index in [9.17, 15) is 14.4 Å². The summed E-state index contributed by atoms with van der Waals surface area (Å²) < 4.78 is 5.17. The molecule has 2 fully saturated rings. The number of piperidine rings is 1. The van der Waals surface area contributed by atoms with Crippen molar-refractivity contribution in [3.8, 4) is 0 Å². The summed E-state index contributed by atoms with van der Waals surface area (Å²) in [4.78, 5) is 38.1. The summed E-state index contributed by atoms with van der Waals surface area (Å²) in [7, 11) is 1.73. The molecule has 4 rings (SSSR count). The minimum absolute atomic E-state index is 0.108. The van der Waals surface area contributed by atoms with Gasteiger partial charge in [-0.1, -0.05) is 25.0 Å². The van der Waals surface area contributed by atoms with Crippen LogP contribution in [-0.4, -0.2) is 55.0 Å². The number of ether oxygens (including phenoxy) is 1. The molecular weight excluding hydrogens is 382 g/mol. The van der Waals surface area contributed by atoms with E-state index in [0.29, 0.717) is 30.5 Å². The summed E-state index contributed by atoms with van der Waals surface area (Å²) in [5.41, 5.74) is 2.92. The van der Waals surface area contributed by atoms with Crippen LogP contribution in [0, 0.1) is 5.92 Å². The number of nitrogens with zero attached hydrogens (tertiary/aromatic N) is 1. The lowest BCUT2D eigenvalue weighted by molar-refractivity contribution is -0.136. The van der Waals surface area contributed by atoms with Gasteiger partial charge in [0.1, 0.15) is 6.04 Å². The Morgan fingerprint density at radius 3 is 2.80 bits per heavy atom. The van der Waals surface area contributed by atoms with Gasteiger partial charge in [-0.15, -0.1) is 0 Å². The van der Waals surface area contributed by atoms with Gasteiger partial charge in [-0.2, -0.15) is 0 Å². The highest BCUT2D eigenvalue weighted by molar-refractivity contribution is 6.05. The lowest BCUT2D eigenvalue weighted by Gasteiger charge is -2.32. The second-order valence-corrected chi connectivity index (χ2v) is 8.69. The molecule has 0 radical (unpaired) electrons. The van der Waals surface area contributed by atoms with Gasteiger partial charge in [0, 0.05) is 38.2 Å². The molecule has 1 aromatic carbocycles. The van der Waals surface area contributed by atoms with E-state index in [0.717, 1.165) is 25.1 Å². The second-order valence-electron chi connectivity index (χ2n) is 8.69. The van der Waals surface area contributed by atoms with Crippen molar-refractivity contribution in [3.05, 3.63) is 34.9 Å². The SMILES string of the molecule is COCCN[C@H]1CCCC[C@@H]1Cc1ccc2c(c1)CN(C1CCC(=O)NC1=O)C2=O. The monoisotopic (exact) mass is 413 g/mol. The molecule has 7 nitrogen and oxygen atoms in total. The number of hydrogen-bond donors (Lipinski definition) is 2. The van der Waals surface area contributed by atoms with E-state index in [2.05, 4.69) is 22.8 Å². The van der Waals surface area contributed by atoms with Crippen molar-refractivity contribution in [1.29, 1.82) is 0 Å². The van der Waals surface area contributed by atoms with Crippen LogP contribution < -0.4 is 10.6 Å². The van der Waals surface area contributed by atoms with Crippen molar-refractivity contribution in [2.45, 2.75) is 63.6 Å². The van der Waals surface area contributed by atoms with Crippen molar-refractivity contribution >= 4 is 17.7 Å². The van der Waals surface area contributed by atoms with Crippen LogP contribution in [0.3, 0.4) is 0 Å². The lowest BCUT2D eigenvalue weighted by Crippen LogP contribution is -2.52. The van der Waals surface area contributed by atoms with E-state index >= 15 is 0 Å². The zero-order valence-corrected chi connectivity index (χ0v) is 17.6. The normalized spacial score (nSPS) is 26.6. The third-order valence-electron chi connectivity index (χ3n) is 6.71. The average molecular weight is 414 g/mol. The van der Waals surface area contributed by atoms with Crippen LogP contribution in [0.5, 0.6) is 0 Å². The van der Waals surface area contributed by atoms with Crippen LogP contribution in [0.1, 0.15) is 60.0 Å². The lowest BCUT2D eigenvalue weighted by atomic mass is 9.80. The molecule has 1 aliphatic carbocycles. The molecule has 162 valence electrons. The Bertz CT molecular complexity index is 825. The van der Waals surface area contributed by atoms with Gasteiger partial charge in [-0.05, 0) is 48.8 Å². The van der Waals surface area contributed by atoms with E-state index < -0.39 is 6.04 Å². The Morgan fingerprint density at radius 1 is 1.17 bits per heavy atom. The van der Waals surface area contributed by atoms with Gasteiger partial charge < -0.3 is 15.0 Å². The Labute approximate surface area is 177 Å². The molecule has 0 aromatic heterocycles. The van der Waals surface area contributed by atoms with Gasteiger partial charge in [0.2, 0.25) is 11.8 Å². The van der Waals surface area contributed by atoms with Crippen LogP contribution in [0.2, 0.25) is 0 Å². The number of fused-ring (bicyclic) bond motifs is 1. The molecule has 3 amide bonds. The summed E-state index contributed by atoms with van der Waals surface area (Å²) >= 11 is 0. The number of hydrogen-bond acceptors (Lipinski definition) is 5.